The summed E-state index contributed by atoms with van der Waals surface area (Å²) in [7, 11) is 1.54. The molecule has 2 bridgehead atoms. The van der Waals surface area contributed by atoms with Gasteiger partial charge in [-0.2, -0.15) is 0 Å². The lowest BCUT2D eigenvalue weighted by Crippen LogP contribution is -2.50. The molecule has 0 spiro atoms. The van der Waals surface area contributed by atoms with Gasteiger partial charge in [-0.25, -0.2) is 0 Å². The quantitative estimate of drug-likeness (QED) is 0.344. The second kappa shape index (κ2) is 13.6. The van der Waals surface area contributed by atoms with E-state index in [1.165, 1.54) is 0 Å². The second-order valence-electron chi connectivity index (χ2n) is 11.1. The molecule has 1 fully saturated rings. The zero-order valence-electron chi connectivity index (χ0n) is 24.0. The number of hydrogen-bond acceptors (Lipinski definition) is 8. The van der Waals surface area contributed by atoms with Gasteiger partial charge in [0.15, 0.2) is 29.6 Å². The molecular weight excluding hydrogens is 538 g/mol. The summed E-state index contributed by atoms with van der Waals surface area (Å²) in [4.78, 5) is 39.4. The minimum Gasteiger partial charge on any atom is -0.493 e. The van der Waals surface area contributed by atoms with Gasteiger partial charge in [-0.3, -0.25) is 18.8 Å². The van der Waals surface area contributed by atoms with Gasteiger partial charge in [-0.15, -0.1) is 10.2 Å². The minimum absolute atomic E-state index is 0.0959. The normalized spacial score (nSPS) is 20.9. The molecule has 0 saturated heterocycles. The zero-order chi connectivity index (χ0) is 29.4. The van der Waals surface area contributed by atoms with Gasteiger partial charge in [0.2, 0.25) is 11.8 Å². The number of pyridine rings is 1. The standard InChI is InChI=1S/C30H39N7O5/c1-41-23-10-9-22-15-24(23)42-19-28(39)32-13-12-31-11-4-6-27(38)34-20-30(17-22,16-21-7-8-21)29(40)33-18-26-36-35-25-5-2-3-14-37(25)26/h2-3,5,9-10,14-15,21,31H,4,6-8,11-13,16-20H2,1H3,(H,32,39)(H,33,40)(H,34,38). The van der Waals surface area contributed by atoms with Crippen LogP contribution >= 0.6 is 0 Å². The summed E-state index contributed by atoms with van der Waals surface area (Å²) in [6.45, 7) is 1.92. The number of aromatic nitrogens is 3. The molecule has 2 aromatic heterocycles. The molecule has 0 radical (unpaired) electrons. The van der Waals surface area contributed by atoms with Crippen molar-refractivity contribution in [2.45, 2.75) is 45.1 Å². The summed E-state index contributed by atoms with van der Waals surface area (Å²) in [5, 5.41) is 20.7. The molecule has 5 rings (SSSR count). The van der Waals surface area contributed by atoms with Crippen LogP contribution in [-0.4, -0.2) is 72.2 Å². The Morgan fingerprint density at radius 3 is 2.83 bits per heavy atom. The van der Waals surface area contributed by atoms with Crippen LogP contribution in [0.5, 0.6) is 11.5 Å². The van der Waals surface area contributed by atoms with Crippen LogP contribution < -0.4 is 30.7 Å². The number of hydrogen-bond donors (Lipinski definition) is 4. The Hall–Kier alpha value is -4.19. The molecule has 4 N–H and O–H groups in total. The molecule has 3 amide bonds. The van der Waals surface area contributed by atoms with Crippen LogP contribution in [0.15, 0.2) is 42.6 Å². The summed E-state index contributed by atoms with van der Waals surface area (Å²) in [5.41, 5.74) is 0.630. The van der Waals surface area contributed by atoms with Gasteiger partial charge in [0.05, 0.1) is 19.1 Å². The summed E-state index contributed by atoms with van der Waals surface area (Å²) in [5.74, 6) is 1.44. The summed E-state index contributed by atoms with van der Waals surface area (Å²) in [6.07, 6.45) is 5.95. The number of ether oxygens (including phenoxy) is 2. The maximum absolute atomic E-state index is 14.2. The van der Waals surface area contributed by atoms with E-state index < -0.39 is 5.41 Å². The predicted octanol–water partition coefficient (Wildman–Crippen LogP) is 1.38. The molecule has 1 saturated carbocycles. The SMILES string of the molecule is COc1ccc2cc1OCC(=O)NCCNCCCC(=O)NCC(CC1CC1)(C(=O)NCc1nnc3ccccn13)C2. The molecule has 3 heterocycles. The fraction of sp³-hybridized carbons (Fsp3) is 0.500. The highest BCUT2D eigenvalue weighted by atomic mass is 16.5. The number of fused-ring (bicyclic) bond motifs is 3. The Morgan fingerprint density at radius 2 is 2.00 bits per heavy atom. The van der Waals surface area contributed by atoms with Crippen molar-refractivity contribution >= 4 is 23.4 Å². The number of carbonyl (C=O) groups excluding carboxylic acids is 3. The van der Waals surface area contributed by atoms with Crippen molar-refractivity contribution < 1.29 is 23.9 Å². The molecule has 1 aliphatic heterocycles. The van der Waals surface area contributed by atoms with Gasteiger partial charge in [0, 0.05) is 32.3 Å². The summed E-state index contributed by atoms with van der Waals surface area (Å²) in [6, 6.07) is 11.1. The predicted molar refractivity (Wildman–Crippen MR) is 155 cm³/mol. The molecule has 224 valence electrons. The Kier molecular flexibility index (Phi) is 9.52. The van der Waals surface area contributed by atoms with E-state index in [1.807, 2.05) is 40.9 Å². The highest BCUT2D eigenvalue weighted by molar-refractivity contribution is 5.84. The van der Waals surface area contributed by atoms with Crippen molar-refractivity contribution in [3.05, 3.63) is 54.0 Å². The molecule has 42 heavy (non-hydrogen) atoms. The third-order valence-electron chi connectivity index (χ3n) is 7.78. The van der Waals surface area contributed by atoms with Crippen LogP contribution in [0.3, 0.4) is 0 Å². The van der Waals surface area contributed by atoms with E-state index in [0.29, 0.717) is 74.2 Å². The topological polar surface area (TPSA) is 148 Å². The smallest absolute Gasteiger partial charge is 0.257 e. The van der Waals surface area contributed by atoms with Crippen molar-refractivity contribution in [1.29, 1.82) is 0 Å². The number of carbonyl (C=O) groups is 3. The molecule has 2 aliphatic rings. The van der Waals surface area contributed by atoms with Crippen molar-refractivity contribution in [3.63, 3.8) is 0 Å². The minimum atomic E-state index is -0.912. The van der Waals surface area contributed by atoms with Gasteiger partial charge in [0.25, 0.3) is 5.91 Å². The average molecular weight is 578 g/mol. The molecular formula is C30H39N7O5. The second-order valence-corrected chi connectivity index (χ2v) is 11.1. The average Bonchev–Trinajstić information content (AvgIpc) is 3.72. The lowest BCUT2D eigenvalue weighted by molar-refractivity contribution is -0.132. The van der Waals surface area contributed by atoms with Gasteiger partial charge in [0.1, 0.15) is 0 Å². The van der Waals surface area contributed by atoms with E-state index in [0.717, 1.165) is 18.4 Å². The fourth-order valence-electron chi connectivity index (χ4n) is 5.37. The number of methoxy groups -OCH3 is 1. The molecule has 3 aromatic rings. The van der Waals surface area contributed by atoms with Crippen LogP contribution in [0.1, 0.15) is 43.5 Å². The summed E-state index contributed by atoms with van der Waals surface area (Å²) >= 11 is 0. The maximum atomic E-state index is 14.2. The van der Waals surface area contributed by atoms with Gasteiger partial charge >= 0.3 is 0 Å². The van der Waals surface area contributed by atoms with E-state index in [2.05, 4.69) is 31.5 Å². The van der Waals surface area contributed by atoms with Crippen LogP contribution in [0.4, 0.5) is 0 Å². The molecule has 1 aromatic carbocycles. The number of benzene rings is 1. The first-order chi connectivity index (χ1) is 20.5. The van der Waals surface area contributed by atoms with E-state index >= 15 is 0 Å². The first-order valence-electron chi connectivity index (χ1n) is 14.6. The van der Waals surface area contributed by atoms with Crippen LogP contribution in [0, 0.1) is 11.3 Å². The molecule has 12 heteroatoms. The Labute approximate surface area is 244 Å². The molecule has 1 unspecified atom stereocenters. The number of rotatable bonds is 6. The first-order valence-corrected chi connectivity index (χ1v) is 14.6. The Morgan fingerprint density at radius 1 is 1.12 bits per heavy atom. The lowest BCUT2D eigenvalue weighted by atomic mass is 9.75. The van der Waals surface area contributed by atoms with Gasteiger partial charge in [-0.05, 0) is 61.6 Å². The number of nitrogens with one attached hydrogen (secondary N) is 4. The zero-order valence-corrected chi connectivity index (χ0v) is 24.0. The van der Waals surface area contributed by atoms with Crippen molar-refractivity contribution in [2.75, 3.05) is 39.9 Å². The van der Waals surface area contributed by atoms with E-state index in [4.69, 9.17) is 9.47 Å². The Bertz CT molecular complexity index is 1410. The van der Waals surface area contributed by atoms with Crippen LogP contribution in [0.25, 0.3) is 5.65 Å². The van der Waals surface area contributed by atoms with Crippen molar-refractivity contribution in [3.8, 4) is 11.5 Å². The number of amides is 3. The third kappa shape index (κ3) is 7.55. The monoisotopic (exact) mass is 577 g/mol. The molecule has 1 atom stereocenters. The van der Waals surface area contributed by atoms with Gasteiger partial charge < -0.3 is 30.7 Å². The van der Waals surface area contributed by atoms with E-state index in [-0.39, 0.29) is 37.4 Å². The summed E-state index contributed by atoms with van der Waals surface area (Å²) < 4.78 is 13.2. The molecule has 12 nitrogen and oxygen atoms in total. The van der Waals surface area contributed by atoms with Crippen LogP contribution in [0.2, 0.25) is 0 Å². The number of nitrogens with zero attached hydrogens (tertiary/aromatic N) is 3. The van der Waals surface area contributed by atoms with E-state index in [9.17, 15) is 14.4 Å². The van der Waals surface area contributed by atoms with Crippen molar-refractivity contribution in [2.24, 2.45) is 11.3 Å². The molecule has 1 aliphatic carbocycles. The lowest BCUT2D eigenvalue weighted by Gasteiger charge is -2.33. The van der Waals surface area contributed by atoms with Crippen molar-refractivity contribution in [1.82, 2.24) is 35.9 Å². The largest absolute Gasteiger partial charge is 0.493 e. The highest BCUT2D eigenvalue weighted by Crippen LogP contribution is 2.43. The maximum Gasteiger partial charge on any atom is 0.257 e. The van der Waals surface area contributed by atoms with Gasteiger partial charge in [-0.1, -0.05) is 25.0 Å². The van der Waals surface area contributed by atoms with Crippen LogP contribution in [-0.2, 0) is 27.3 Å². The first kappa shape index (κ1) is 29.3. The Balaban J connectivity index is 1.43. The third-order valence-corrected chi connectivity index (χ3v) is 7.78. The highest BCUT2D eigenvalue weighted by Gasteiger charge is 2.43. The fourth-order valence-corrected chi connectivity index (χ4v) is 5.37. The van der Waals surface area contributed by atoms with E-state index in [1.54, 1.807) is 13.2 Å².